The highest BCUT2D eigenvalue weighted by atomic mass is 32.2. The standard InChI is InChI=1S/C9H12F3NOS/c10-9(11,12)7(4-13)5-15-6-8-2-1-3-14-8/h7-8H,1-3,5-6H2. The van der Waals surface area contributed by atoms with E-state index in [4.69, 9.17) is 10.00 Å². The molecular weight excluding hydrogens is 227 g/mol. The van der Waals surface area contributed by atoms with Gasteiger partial charge in [0, 0.05) is 18.1 Å². The SMILES string of the molecule is N#CC(CSCC1CCCO1)C(F)(F)F. The number of ether oxygens (including phenoxy) is 1. The van der Waals surface area contributed by atoms with E-state index in [2.05, 4.69) is 0 Å². The zero-order valence-corrected chi connectivity index (χ0v) is 8.90. The molecule has 2 atom stereocenters. The molecule has 1 fully saturated rings. The molecule has 0 aliphatic carbocycles. The average Bonchev–Trinajstić information content (AvgIpc) is 2.62. The summed E-state index contributed by atoms with van der Waals surface area (Å²) in [5.41, 5.74) is 0. The third kappa shape index (κ3) is 4.31. The molecule has 0 spiro atoms. The van der Waals surface area contributed by atoms with Gasteiger partial charge >= 0.3 is 6.18 Å². The summed E-state index contributed by atoms with van der Waals surface area (Å²) in [5, 5.41) is 8.34. The third-order valence-electron chi connectivity index (χ3n) is 2.16. The molecule has 1 aliphatic heterocycles. The molecule has 0 amide bonds. The van der Waals surface area contributed by atoms with Gasteiger partial charge in [-0.2, -0.15) is 30.2 Å². The van der Waals surface area contributed by atoms with E-state index in [9.17, 15) is 13.2 Å². The lowest BCUT2D eigenvalue weighted by Crippen LogP contribution is -2.24. The van der Waals surface area contributed by atoms with Crippen molar-refractivity contribution in [1.82, 2.24) is 0 Å². The maximum Gasteiger partial charge on any atom is 0.405 e. The minimum Gasteiger partial charge on any atom is -0.377 e. The molecule has 86 valence electrons. The van der Waals surface area contributed by atoms with E-state index in [-0.39, 0.29) is 11.9 Å². The molecule has 0 radical (unpaired) electrons. The lowest BCUT2D eigenvalue weighted by Gasteiger charge is -2.14. The fourth-order valence-electron chi connectivity index (χ4n) is 1.30. The second-order valence-corrected chi connectivity index (χ2v) is 4.47. The van der Waals surface area contributed by atoms with Gasteiger partial charge in [-0.3, -0.25) is 0 Å². The number of nitrogens with zero attached hydrogens (tertiary/aromatic N) is 1. The predicted octanol–water partition coefficient (Wildman–Crippen LogP) is 2.60. The van der Waals surface area contributed by atoms with E-state index in [1.165, 1.54) is 6.07 Å². The number of thioether (sulfide) groups is 1. The highest BCUT2D eigenvalue weighted by molar-refractivity contribution is 7.99. The van der Waals surface area contributed by atoms with Gasteiger partial charge in [-0.05, 0) is 12.8 Å². The summed E-state index contributed by atoms with van der Waals surface area (Å²) in [5.74, 6) is -1.50. The Hall–Kier alpha value is -0.410. The number of nitriles is 1. The molecule has 15 heavy (non-hydrogen) atoms. The highest BCUT2D eigenvalue weighted by Gasteiger charge is 2.39. The summed E-state index contributed by atoms with van der Waals surface area (Å²) in [7, 11) is 0. The molecule has 1 heterocycles. The minimum atomic E-state index is -4.40. The Morgan fingerprint density at radius 3 is 2.73 bits per heavy atom. The number of rotatable bonds is 4. The monoisotopic (exact) mass is 239 g/mol. The van der Waals surface area contributed by atoms with Gasteiger partial charge in [0.2, 0.25) is 0 Å². The molecule has 1 rings (SSSR count). The normalized spacial score (nSPS) is 23.7. The molecule has 0 N–H and O–H groups in total. The van der Waals surface area contributed by atoms with Crippen LogP contribution in [0.15, 0.2) is 0 Å². The van der Waals surface area contributed by atoms with Crippen LogP contribution in [0.2, 0.25) is 0 Å². The number of halogens is 3. The first-order valence-corrected chi connectivity index (χ1v) is 5.85. The van der Waals surface area contributed by atoms with Crippen LogP contribution in [0, 0.1) is 17.2 Å². The molecule has 0 aromatic heterocycles. The Morgan fingerprint density at radius 1 is 1.53 bits per heavy atom. The molecule has 0 aromatic rings. The zero-order chi connectivity index (χ0) is 11.3. The second-order valence-electron chi connectivity index (χ2n) is 3.40. The molecule has 1 saturated heterocycles. The van der Waals surface area contributed by atoms with Crippen molar-refractivity contribution in [3.05, 3.63) is 0 Å². The number of hydrogen-bond donors (Lipinski definition) is 0. The van der Waals surface area contributed by atoms with Crippen LogP contribution in [0.1, 0.15) is 12.8 Å². The van der Waals surface area contributed by atoms with E-state index in [1.807, 2.05) is 0 Å². The van der Waals surface area contributed by atoms with E-state index in [1.54, 1.807) is 0 Å². The Kier molecular flexibility index (Phi) is 4.74. The smallest absolute Gasteiger partial charge is 0.377 e. The molecule has 1 aliphatic rings. The van der Waals surface area contributed by atoms with Gasteiger partial charge in [0.1, 0.15) is 0 Å². The summed E-state index contributed by atoms with van der Waals surface area (Å²) in [4.78, 5) is 0. The number of hydrogen-bond acceptors (Lipinski definition) is 3. The van der Waals surface area contributed by atoms with Crippen molar-refractivity contribution in [2.75, 3.05) is 18.1 Å². The highest BCUT2D eigenvalue weighted by Crippen LogP contribution is 2.29. The van der Waals surface area contributed by atoms with Crippen molar-refractivity contribution < 1.29 is 17.9 Å². The lowest BCUT2D eigenvalue weighted by atomic mass is 10.2. The van der Waals surface area contributed by atoms with Crippen LogP contribution in [0.5, 0.6) is 0 Å². The van der Waals surface area contributed by atoms with Crippen LogP contribution >= 0.6 is 11.8 Å². The average molecular weight is 239 g/mol. The van der Waals surface area contributed by atoms with E-state index >= 15 is 0 Å². The first-order valence-electron chi connectivity index (χ1n) is 4.69. The van der Waals surface area contributed by atoms with Crippen molar-refractivity contribution in [3.8, 4) is 6.07 Å². The minimum absolute atomic E-state index is 0.0718. The summed E-state index contributed by atoms with van der Waals surface area (Å²) in [6.45, 7) is 0.701. The second kappa shape index (κ2) is 5.61. The van der Waals surface area contributed by atoms with E-state index < -0.39 is 12.1 Å². The van der Waals surface area contributed by atoms with Crippen molar-refractivity contribution in [3.63, 3.8) is 0 Å². The quantitative estimate of drug-likeness (QED) is 0.756. The fourth-order valence-corrected chi connectivity index (χ4v) is 2.46. The summed E-state index contributed by atoms with van der Waals surface area (Å²) >= 11 is 1.14. The van der Waals surface area contributed by atoms with Crippen molar-refractivity contribution in [2.24, 2.45) is 5.92 Å². The topological polar surface area (TPSA) is 33.0 Å². The number of alkyl halides is 3. The molecule has 2 nitrogen and oxygen atoms in total. The van der Waals surface area contributed by atoms with E-state index in [0.29, 0.717) is 12.4 Å². The van der Waals surface area contributed by atoms with Crippen molar-refractivity contribution in [1.29, 1.82) is 5.26 Å². The van der Waals surface area contributed by atoms with Gasteiger partial charge in [-0.25, -0.2) is 0 Å². The maximum absolute atomic E-state index is 12.2. The molecule has 0 saturated carbocycles. The van der Waals surface area contributed by atoms with Crippen molar-refractivity contribution in [2.45, 2.75) is 25.1 Å². The van der Waals surface area contributed by atoms with Crippen LogP contribution in [0.25, 0.3) is 0 Å². The van der Waals surface area contributed by atoms with Gasteiger partial charge in [-0.1, -0.05) is 0 Å². The summed E-state index contributed by atoms with van der Waals surface area (Å²) in [6, 6.07) is 1.28. The molecule has 0 bridgehead atoms. The van der Waals surface area contributed by atoms with Crippen LogP contribution < -0.4 is 0 Å². The van der Waals surface area contributed by atoms with Gasteiger partial charge in [0.15, 0.2) is 5.92 Å². The Bertz CT molecular complexity index is 232. The van der Waals surface area contributed by atoms with Crippen molar-refractivity contribution >= 4 is 11.8 Å². The Morgan fingerprint density at radius 2 is 2.27 bits per heavy atom. The lowest BCUT2D eigenvalue weighted by molar-refractivity contribution is -0.152. The molecule has 2 unspecified atom stereocenters. The molecule has 6 heteroatoms. The fraction of sp³-hybridized carbons (Fsp3) is 0.889. The Balaban J connectivity index is 2.20. The largest absolute Gasteiger partial charge is 0.405 e. The van der Waals surface area contributed by atoms with Gasteiger partial charge in [0.25, 0.3) is 0 Å². The van der Waals surface area contributed by atoms with Gasteiger partial charge < -0.3 is 4.74 Å². The predicted molar refractivity (Wildman–Crippen MR) is 51.5 cm³/mol. The van der Waals surface area contributed by atoms with Crippen LogP contribution in [0.4, 0.5) is 13.2 Å². The maximum atomic E-state index is 12.2. The Labute approximate surface area is 90.8 Å². The van der Waals surface area contributed by atoms with Gasteiger partial charge in [0.05, 0.1) is 12.2 Å². The van der Waals surface area contributed by atoms with Gasteiger partial charge in [-0.15, -0.1) is 0 Å². The first-order chi connectivity index (χ1) is 7.04. The molecular formula is C9H12F3NOS. The van der Waals surface area contributed by atoms with E-state index in [0.717, 1.165) is 24.6 Å². The van der Waals surface area contributed by atoms with Crippen LogP contribution in [0.3, 0.4) is 0 Å². The zero-order valence-electron chi connectivity index (χ0n) is 8.09. The summed E-state index contributed by atoms with van der Waals surface area (Å²) in [6.07, 6.45) is -2.44. The van der Waals surface area contributed by atoms with Crippen LogP contribution in [-0.4, -0.2) is 30.4 Å². The summed E-state index contributed by atoms with van der Waals surface area (Å²) < 4.78 is 41.7. The third-order valence-corrected chi connectivity index (χ3v) is 3.34. The molecule has 0 aromatic carbocycles. The first kappa shape index (κ1) is 12.7. The van der Waals surface area contributed by atoms with Crippen LogP contribution in [-0.2, 0) is 4.74 Å².